The van der Waals surface area contributed by atoms with Gasteiger partial charge >= 0.3 is 0 Å². The molecule has 1 aromatic carbocycles. The second kappa shape index (κ2) is 7.45. The number of carbonyl (C=O) groups excluding carboxylic acids is 2. The SMILES string of the molecule is O=C(CCC(=O)c1ccccc1)NCCn1cnc2ncncc21. The normalized spacial score (nSPS) is 10.7. The summed E-state index contributed by atoms with van der Waals surface area (Å²) in [5.74, 6) is -0.163. The molecule has 0 unspecified atom stereocenters. The molecule has 2 aromatic heterocycles. The molecule has 1 N–H and O–H groups in total. The summed E-state index contributed by atoms with van der Waals surface area (Å²) in [6.45, 7) is 1.03. The second-order valence-corrected chi connectivity index (χ2v) is 5.31. The van der Waals surface area contributed by atoms with Crippen LogP contribution < -0.4 is 5.32 Å². The van der Waals surface area contributed by atoms with Crippen LogP contribution in [0.5, 0.6) is 0 Å². The van der Waals surface area contributed by atoms with Crippen LogP contribution in [0.3, 0.4) is 0 Å². The fourth-order valence-corrected chi connectivity index (χ4v) is 2.38. The highest BCUT2D eigenvalue weighted by molar-refractivity contribution is 5.97. The van der Waals surface area contributed by atoms with Gasteiger partial charge in [-0.3, -0.25) is 9.59 Å². The van der Waals surface area contributed by atoms with Crippen molar-refractivity contribution in [2.45, 2.75) is 19.4 Å². The lowest BCUT2D eigenvalue weighted by Crippen LogP contribution is -2.27. The van der Waals surface area contributed by atoms with Crippen LogP contribution in [0.25, 0.3) is 11.2 Å². The van der Waals surface area contributed by atoms with Crippen LogP contribution in [0, 0.1) is 0 Å². The fraction of sp³-hybridized carbons (Fsp3) is 0.235. The number of aromatic nitrogens is 4. The van der Waals surface area contributed by atoms with Gasteiger partial charge in [-0.2, -0.15) is 0 Å². The Morgan fingerprint density at radius 1 is 1.08 bits per heavy atom. The van der Waals surface area contributed by atoms with E-state index in [9.17, 15) is 9.59 Å². The van der Waals surface area contributed by atoms with Crippen molar-refractivity contribution in [2.24, 2.45) is 0 Å². The van der Waals surface area contributed by atoms with E-state index in [4.69, 9.17) is 0 Å². The van der Waals surface area contributed by atoms with Crippen molar-refractivity contribution in [3.8, 4) is 0 Å². The summed E-state index contributed by atoms with van der Waals surface area (Å²) in [5.41, 5.74) is 2.09. The van der Waals surface area contributed by atoms with E-state index in [1.54, 1.807) is 24.7 Å². The Kier molecular flexibility index (Phi) is 4.90. The Morgan fingerprint density at radius 2 is 1.92 bits per heavy atom. The van der Waals surface area contributed by atoms with Crippen molar-refractivity contribution in [1.29, 1.82) is 0 Å². The maximum absolute atomic E-state index is 11.9. The van der Waals surface area contributed by atoms with E-state index >= 15 is 0 Å². The maximum Gasteiger partial charge on any atom is 0.220 e. The number of nitrogens with zero attached hydrogens (tertiary/aromatic N) is 4. The van der Waals surface area contributed by atoms with E-state index in [0.29, 0.717) is 24.3 Å². The fourth-order valence-electron chi connectivity index (χ4n) is 2.38. The minimum atomic E-state index is -0.139. The first kappa shape index (κ1) is 15.8. The Bertz CT molecular complexity index is 844. The van der Waals surface area contributed by atoms with Gasteiger partial charge in [-0.1, -0.05) is 30.3 Å². The summed E-state index contributed by atoms with van der Waals surface area (Å²) in [4.78, 5) is 36.0. The van der Waals surface area contributed by atoms with Crippen molar-refractivity contribution in [2.75, 3.05) is 6.54 Å². The van der Waals surface area contributed by atoms with Crippen LogP contribution in [0.4, 0.5) is 0 Å². The molecule has 0 fully saturated rings. The van der Waals surface area contributed by atoms with Gasteiger partial charge in [0, 0.05) is 31.5 Å². The van der Waals surface area contributed by atoms with E-state index in [2.05, 4.69) is 20.3 Å². The molecular weight excluding hydrogens is 306 g/mol. The van der Waals surface area contributed by atoms with Crippen molar-refractivity contribution in [3.63, 3.8) is 0 Å². The predicted octanol–water partition coefficient (Wildman–Crippen LogP) is 1.61. The molecule has 0 aliphatic rings. The van der Waals surface area contributed by atoms with E-state index in [1.165, 1.54) is 6.33 Å². The molecule has 0 spiro atoms. The zero-order valence-corrected chi connectivity index (χ0v) is 13.1. The van der Waals surface area contributed by atoms with Crippen LogP contribution in [0.15, 0.2) is 49.2 Å². The lowest BCUT2D eigenvalue weighted by atomic mass is 10.1. The molecule has 0 radical (unpaired) electrons. The van der Waals surface area contributed by atoms with E-state index < -0.39 is 0 Å². The van der Waals surface area contributed by atoms with Crippen molar-refractivity contribution < 1.29 is 9.59 Å². The van der Waals surface area contributed by atoms with Gasteiger partial charge in [-0.25, -0.2) is 15.0 Å². The van der Waals surface area contributed by atoms with Crippen molar-refractivity contribution in [3.05, 3.63) is 54.7 Å². The maximum atomic E-state index is 11.9. The van der Waals surface area contributed by atoms with Crippen molar-refractivity contribution in [1.82, 2.24) is 24.8 Å². The van der Waals surface area contributed by atoms with Gasteiger partial charge in [0.1, 0.15) is 11.8 Å². The number of fused-ring (bicyclic) bond motifs is 1. The van der Waals surface area contributed by atoms with Gasteiger partial charge in [-0.15, -0.1) is 0 Å². The summed E-state index contributed by atoms with van der Waals surface area (Å²) in [7, 11) is 0. The molecule has 0 aliphatic carbocycles. The van der Waals surface area contributed by atoms with Crippen LogP contribution in [0.2, 0.25) is 0 Å². The first-order chi connectivity index (χ1) is 11.7. The van der Waals surface area contributed by atoms with E-state index in [-0.39, 0.29) is 24.5 Å². The lowest BCUT2D eigenvalue weighted by Gasteiger charge is -2.06. The lowest BCUT2D eigenvalue weighted by molar-refractivity contribution is -0.121. The number of imidazole rings is 1. The average Bonchev–Trinajstić information content (AvgIpc) is 3.04. The number of hydrogen-bond donors (Lipinski definition) is 1. The Hall–Kier alpha value is -3.09. The zero-order chi connectivity index (χ0) is 16.8. The van der Waals surface area contributed by atoms with Gasteiger partial charge in [-0.05, 0) is 0 Å². The van der Waals surface area contributed by atoms with E-state index in [1.807, 2.05) is 22.8 Å². The molecule has 7 nitrogen and oxygen atoms in total. The van der Waals surface area contributed by atoms with Gasteiger partial charge in [0.15, 0.2) is 11.4 Å². The molecule has 2 heterocycles. The molecular formula is C17H17N5O2. The molecule has 24 heavy (non-hydrogen) atoms. The summed E-state index contributed by atoms with van der Waals surface area (Å²) in [5, 5.41) is 2.81. The monoisotopic (exact) mass is 323 g/mol. The van der Waals surface area contributed by atoms with Crippen LogP contribution >= 0.6 is 0 Å². The van der Waals surface area contributed by atoms with Crippen LogP contribution in [-0.2, 0) is 11.3 Å². The summed E-state index contributed by atoms with van der Waals surface area (Å²) < 4.78 is 1.88. The number of benzene rings is 1. The molecule has 0 saturated heterocycles. The number of ketones is 1. The summed E-state index contributed by atoms with van der Waals surface area (Å²) >= 11 is 0. The standard InChI is InChI=1S/C17H17N5O2/c23-15(13-4-2-1-3-5-13)6-7-16(24)19-8-9-22-12-21-17-14(22)10-18-11-20-17/h1-5,10-12H,6-9H2,(H,19,24). The Balaban J connectivity index is 1.44. The first-order valence-corrected chi connectivity index (χ1v) is 7.70. The highest BCUT2D eigenvalue weighted by atomic mass is 16.2. The second-order valence-electron chi connectivity index (χ2n) is 5.31. The first-order valence-electron chi connectivity index (χ1n) is 7.70. The van der Waals surface area contributed by atoms with Crippen LogP contribution in [-0.4, -0.2) is 37.8 Å². The van der Waals surface area contributed by atoms with Crippen molar-refractivity contribution >= 4 is 22.9 Å². The van der Waals surface area contributed by atoms with Gasteiger partial charge in [0.25, 0.3) is 0 Å². The smallest absolute Gasteiger partial charge is 0.220 e. The molecule has 3 aromatic rings. The highest BCUT2D eigenvalue weighted by Gasteiger charge is 2.09. The summed E-state index contributed by atoms with van der Waals surface area (Å²) in [6.07, 6.45) is 5.20. The predicted molar refractivity (Wildman–Crippen MR) is 88.3 cm³/mol. The largest absolute Gasteiger partial charge is 0.354 e. The number of Topliss-reactive ketones (excluding diaryl/α,β-unsaturated/α-hetero) is 1. The molecule has 0 saturated carbocycles. The topological polar surface area (TPSA) is 89.8 Å². The minimum absolute atomic E-state index is 0.0245. The molecule has 3 rings (SSSR count). The minimum Gasteiger partial charge on any atom is -0.354 e. The molecule has 0 bridgehead atoms. The third kappa shape index (κ3) is 3.81. The van der Waals surface area contributed by atoms with Gasteiger partial charge < -0.3 is 9.88 Å². The number of amides is 1. The Labute approximate surface area is 138 Å². The number of nitrogens with one attached hydrogen (secondary N) is 1. The zero-order valence-electron chi connectivity index (χ0n) is 13.1. The highest BCUT2D eigenvalue weighted by Crippen LogP contribution is 2.07. The van der Waals surface area contributed by atoms with E-state index in [0.717, 1.165) is 5.52 Å². The number of carbonyl (C=O) groups is 2. The third-order valence-corrected chi connectivity index (χ3v) is 3.65. The number of rotatable bonds is 7. The Morgan fingerprint density at radius 3 is 2.75 bits per heavy atom. The van der Waals surface area contributed by atoms with Gasteiger partial charge in [0.05, 0.1) is 12.5 Å². The quantitative estimate of drug-likeness (QED) is 0.667. The molecule has 0 aliphatic heterocycles. The van der Waals surface area contributed by atoms with Gasteiger partial charge in [0.2, 0.25) is 5.91 Å². The third-order valence-electron chi connectivity index (χ3n) is 3.65. The molecule has 0 atom stereocenters. The molecule has 122 valence electrons. The molecule has 1 amide bonds. The molecule has 7 heteroatoms. The average molecular weight is 323 g/mol. The number of hydrogen-bond acceptors (Lipinski definition) is 5. The summed E-state index contributed by atoms with van der Waals surface area (Å²) in [6, 6.07) is 8.99. The van der Waals surface area contributed by atoms with Crippen LogP contribution in [0.1, 0.15) is 23.2 Å².